The SMILES string of the molecule is CCC(C)NC(=O)C(CC)N(Cc1ccccc1)C(=O)CN(c1ccc(OC)c(Cl)c1)S(=O)(=O)c1ccccc1. The van der Waals surface area contributed by atoms with Crippen molar-refractivity contribution in [2.75, 3.05) is 18.0 Å². The topological polar surface area (TPSA) is 96.0 Å². The number of amides is 2. The number of sulfonamides is 1. The Hall–Kier alpha value is -3.56. The van der Waals surface area contributed by atoms with E-state index in [1.54, 1.807) is 24.3 Å². The van der Waals surface area contributed by atoms with Crippen molar-refractivity contribution in [3.8, 4) is 5.75 Å². The van der Waals surface area contributed by atoms with Gasteiger partial charge in [0.15, 0.2) is 0 Å². The van der Waals surface area contributed by atoms with Gasteiger partial charge in [-0.25, -0.2) is 8.42 Å². The van der Waals surface area contributed by atoms with Crippen LogP contribution in [-0.4, -0.2) is 50.9 Å². The summed E-state index contributed by atoms with van der Waals surface area (Å²) in [5.74, 6) is -0.445. The second-order valence-corrected chi connectivity index (χ2v) is 11.7. The molecule has 2 atom stereocenters. The zero-order chi connectivity index (χ0) is 29.3. The Morgan fingerprint density at radius 3 is 2.12 bits per heavy atom. The van der Waals surface area contributed by atoms with Gasteiger partial charge in [0.2, 0.25) is 11.8 Å². The summed E-state index contributed by atoms with van der Waals surface area (Å²) in [7, 11) is -2.72. The summed E-state index contributed by atoms with van der Waals surface area (Å²) < 4.78 is 34.0. The largest absolute Gasteiger partial charge is 0.495 e. The molecule has 10 heteroatoms. The number of rotatable bonds is 13. The number of hydrogen-bond donors (Lipinski definition) is 1. The maximum atomic E-state index is 14.1. The van der Waals surface area contributed by atoms with Crippen molar-refractivity contribution in [1.82, 2.24) is 10.2 Å². The molecular formula is C30H36ClN3O5S. The Balaban J connectivity index is 2.07. The third-order valence-electron chi connectivity index (χ3n) is 6.62. The normalized spacial score (nSPS) is 12.7. The lowest BCUT2D eigenvalue weighted by Crippen LogP contribution is -2.53. The zero-order valence-electron chi connectivity index (χ0n) is 23.2. The lowest BCUT2D eigenvalue weighted by atomic mass is 10.1. The van der Waals surface area contributed by atoms with Gasteiger partial charge < -0.3 is 15.0 Å². The number of anilines is 1. The number of halogens is 1. The van der Waals surface area contributed by atoms with Crippen LogP contribution < -0.4 is 14.4 Å². The lowest BCUT2D eigenvalue weighted by molar-refractivity contribution is -0.140. The number of nitrogens with one attached hydrogen (secondary N) is 1. The molecule has 2 unspecified atom stereocenters. The summed E-state index contributed by atoms with van der Waals surface area (Å²) in [5, 5.41) is 3.16. The van der Waals surface area contributed by atoms with Crippen LogP contribution in [0.25, 0.3) is 0 Å². The minimum Gasteiger partial charge on any atom is -0.495 e. The van der Waals surface area contributed by atoms with Crippen LogP contribution in [0.4, 0.5) is 5.69 Å². The second-order valence-electron chi connectivity index (χ2n) is 9.39. The Morgan fingerprint density at radius 1 is 0.950 bits per heavy atom. The van der Waals surface area contributed by atoms with Crippen LogP contribution in [0.3, 0.4) is 0 Å². The van der Waals surface area contributed by atoms with Gasteiger partial charge >= 0.3 is 0 Å². The minimum absolute atomic E-state index is 0.0194. The molecule has 0 spiro atoms. The van der Waals surface area contributed by atoms with Gasteiger partial charge in [0.25, 0.3) is 10.0 Å². The van der Waals surface area contributed by atoms with E-state index in [1.807, 2.05) is 51.1 Å². The fourth-order valence-electron chi connectivity index (χ4n) is 4.20. The van der Waals surface area contributed by atoms with Crippen LogP contribution in [0, 0.1) is 0 Å². The van der Waals surface area contributed by atoms with E-state index in [9.17, 15) is 18.0 Å². The monoisotopic (exact) mass is 585 g/mol. The highest BCUT2D eigenvalue weighted by Crippen LogP contribution is 2.32. The van der Waals surface area contributed by atoms with Gasteiger partial charge in [0.1, 0.15) is 18.3 Å². The summed E-state index contributed by atoms with van der Waals surface area (Å²) in [6.07, 6.45) is 1.08. The molecule has 1 N–H and O–H groups in total. The molecule has 0 aliphatic carbocycles. The Kier molecular flexibility index (Phi) is 11.0. The molecule has 0 saturated heterocycles. The molecule has 0 saturated carbocycles. The number of hydrogen-bond acceptors (Lipinski definition) is 5. The number of benzene rings is 3. The number of carbonyl (C=O) groups is 2. The molecule has 3 rings (SSSR count). The van der Waals surface area contributed by atoms with E-state index in [0.717, 1.165) is 16.3 Å². The Morgan fingerprint density at radius 2 is 1.57 bits per heavy atom. The molecule has 214 valence electrons. The van der Waals surface area contributed by atoms with Crippen molar-refractivity contribution in [3.63, 3.8) is 0 Å². The first-order valence-electron chi connectivity index (χ1n) is 13.2. The highest BCUT2D eigenvalue weighted by Gasteiger charge is 2.34. The molecule has 0 radical (unpaired) electrons. The Labute approximate surface area is 241 Å². The fourth-order valence-corrected chi connectivity index (χ4v) is 5.88. The molecule has 0 aliphatic rings. The van der Waals surface area contributed by atoms with Crippen LogP contribution in [0.15, 0.2) is 83.8 Å². The molecule has 3 aromatic carbocycles. The number of carbonyl (C=O) groups excluding carboxylic acids is 2. The van der Waals surface area contributed by atoms with Crippen LogP contribution in [0.5, 0.6) is 5.75 Å². The molecule has 0 fully saturated rings. The van der Waals surface area contributed by atoms with Crippen LogP contribution in [0.1, 0.15) is 39.2 Å². The van der Waals surface area contributed by atoms with Gasteiger partial charge in [-0.05, 0) is 55.7 Å². The van der Waals surface area contributed by atoms with Gasteiger partial charge in [-0.3, -0.25) is 13.9 Å². The van der Waals surface area contributed by atoms with Crippen molar-refractivity contribution in [1.29, 1.82) is 0 Å². The first-order chi connectivity index (χ1) is 19.1. The van der Waals surface area contributed by atoms with Crippen LogP contribution >= 0.6 is 11.6 Å². The van der Waals surface area contributed by atoms with E-state index in [0.29, 0.717) is 12.2 Å². The number of ether oxygens (including phenoxy) is 1. The van der Waals surface area contributed by atoms with Gasteiger partial charge in [-0.1, -0.05) is 74.0 Å². The number of methoxy groups -OCH3 is 1. The first kappa shape index (κ1) is 31.0. The van der Waals surface area contributed by atoms with E-state index in [1.165, 1.54) is 36.3 Å². The average molecular weight is 586 g/mol. The van der Waals surface area contributed by atoms with E-state index < -0.39 is 28.5 Å². The quantitative estimate of drug-likeness (QED) is 0.295. The summed E-state index contributed by atoms with van der Waals surface area (Å²) in [4.78, 5) is 28.8. The third-order valence-corrected chi connectivity index (χ3v) is 8.70. The predicted molar refractivity (Wildman–Crippen MR) is 158 cm³/mol. The third kappa shape index (κ3) is 7.55. The predicted octanol–water partition coefficient (Wildman–Crippen LogP) is 5.27. The van der Waals surface area contributed by atoms with Crippen LogP contribution in [0.2, 0.25) is 5.02 Å². The Bertz CT molecular complexity index is 1390. The highest BCUT2D eigenvalue weighted by molar-refractivity contribution is 7.92. The van der Waals surface area contributed by atoms with E-state index in [2.05, 4.69) is 5.32 Å². The minimum atomic E-state index is -4.18. The summed E-state index contributed by atoms with van der Waals surface area (Å²) in [5.41, 5.74) is 1.01. The van der Waals surface area contributed by atoms with Crippen LogP contribution in [-0.2, 0) is 26.2 Å². The standard InChI is InChI=1S/C30H36ClN3O5S/c1-5-22(3)32-30(36)27(6-2)33(20-23-13-9-7-10-14-23)29(35)21-34(24-17-18-28(39-4)26(31)19-24)40(37,38)25-15-11-8-12-16-25/h7-19,22,27H,5-6,20-21H2,1-4H3,(H,32,36). The summed E-state index contributed by atoms with van der Waals surface area (Å²) >= 11 is 6.36. The molecule has 8 nitrogen and oxygen atoms in total. The first-order valence-corrected chi connectivity index (χ1v) is 15.0. The summed E-state index contributed by atoms with van der Waals surface area (Å²) in [6.45, 7) is 5.28. The van der Waals surface area contributed by atoms with Crippen molar-refractivity contribution >= 4 is 39.1 Å². The smallest absolute Gasteiger partial charge is 0.264 e. The van der Waals surface area contributed by atoms with Gasteiger partial charge in [-0.2, -0.15) is 0 Å². The molecule has 0 aromatic heterocycles. The molecule has 0 bridgehead atoms. The highest BCUT2D eigenvalue weighted by atomic mass is 35.5. The fraction of sp³-hybridized carbons (Fsp3) is 0.333. The molecule has 40 heavy (non-hydrogen) atoms. The van der Waals surface area contributed by atoms with Crippen molar-refractivity contribution in [2.24, 2.45) is 0 Å². The van der Waals surface area contributed by atoms with Gasteiger partial charge in [0.05, 0.1) is 22.7 Å². The summed E-state index contributed by atoms with van der Waals surface area (Å²) in [6, 6.07) is 20.8. The van der Waals surface area contributed by atoms with Gasteiger partial charge in [0, 0.05) is 12.6 Å². The lowest BCUT2D eigenvalue weighted by Gasteiger charge is -2.33. The average Bonchev–Trinajstić information content (AvgIpc) is 2.96. The molecular weight excluding hydrogens is 550 g/mol. The zero-order valence-corrected chi connectivity index (χ0v) is 24.8. The molecule has 2 amide bonds. The molecule has 0 heterocycles. The van der Waals surface area contributed by atoms with Crippen molar-refractivity contribution < 1.29 is 22.7 Å². The second kappa shape index (κ2) is 14.2. The van der Waals surface area contributed by atoms with Crippen molar-refractivity contribution in [2.45, 2.75) is 57.1 Å². The van der Waals surface area contributed by atoms with E-state index >= 15 is 0 Å². The maximum Gasteiger partial charge on any atom is 0.264 e. The number of nitrogens with zero attached hydrogens (tertiary/aromatic N) is 2. The molecule has 0 aliphatic heterocycles. The van der Waals surface area contributed by atoms with Gasteiger partial charge in [-0.15, -0.1) is 0 Å². The van der Waals surface area contributed by atoms with E-state index in [4.69, 9.17) is 16.3 Å². The molecule has 3 aromatic rings. The van der Waals surface area contributed by atoms with Crippen molar-refractivity contribution in [3.05, 3.63) is 89.4 Å². The maximum absolute atomic E-state index is 14.1. The van der Waals surface area contributed by atoms with E-state index in [-0.39, 0.29) is 34.1 Å².